The number of allylic oxidation sites excluding steroid dienone is 1. The molecule has 0 heterocycles. The Labute approximate surface area is 275 Å². The van der Waals surface area contributed by atoms with E-state index in [4.69, 9.17) is 0 Å². The second-order valence-corrected chi connectivity index (χ2v) is 13.1. The Bertz CT molecular complexity index is 2600. The van der Waals surface area contributed by atoms with Crippen LogP contribution in [0.5, 0.6) is 0 Å². The molecule has 0 saturated heterocycles. The van der Waals surface area contributed by atoms with Crippen LogP contribution in [0.4, 0.5) is 0 Å². The Morgan fingerprint density at radius 2 is 1.06 bits per heavy atom. The van der Waals surface area contributed by atoms with E-state index in [0.717, 1.165) is 19.3 Å². The maximum Gasteiger partial charge on any atom is -0.000706 e. The van der Waals surface area contributed by atoms with E-state index >= 15 is 0 Å². The summed E-state index contributed by atoms with van der Waals surface area (Å²) >= 11 is 0. The van der Waals surface area contributed by atoms with Crippen molar-refractivity contribution in [3.05, 3.63) is 174 Å². The molecule has 0 bridgehead atoms. The number of hydrogen-bond acceptors (Lipinski definition) is 0. The standard InChI is InChI=1S/C47H32/c1-2-13-31-26-36(25-24-30(31)12-1)47-41-22-9-7-20-39(41)46(40-21-8-10-23-42(40)47)35-17-11-16-34(27-35)45-38-19-6-4-15-33(38)28-43-37-18-5-3-14-32(37)29-44(43)45/h1-7,9-20,22-28H,8,21,29H2. The first-order chi connectivity index (χ1) is 23.3. The molecule has 0 saturated carbocycles. The minimum atomic E-state index is 0.972. The zero-order chi connectivity index (χ0) is 30.9. The fraction of sp³-hybridized carbons (Fsp3) is 0.0638. The number of rotatable bonds is 3. The Morgan fingerprint density at radius 3 is 1.91 bits per heavy atom. The summed E-state index contributed by atoms with van der Waals surface area (Å²) in [6, 6.07) is 54.4. The summed E-state index contributed by atoms with van der Waals surface area (Å²) in [5.74, 6) is 0. The molecule has 0 amide bonds. The highest BCUT2D eigenvalue weighted by atomic mass is 14.3. The van der Waals surface area contributed by atoms with Crippen LogP contribution in [-0.2, 0) is 12.8 Å². The molecule has 0 atom stereocenters. The van der Waals surface area contributed by atoms with Gasteiger partial charge < -0.3 is 0 Å². The van der Waals surface area contributed by atoms with Crippen LogP contribution in [0, 0.1) is 0 Å². The monoisotopic (exact) mass is 596 g/mol. The first kappa shape index (κ1) is 26.5. The van der Waals surface area contributed by atoms with Crippen LogP contribution >= 0.6 is 0 Å². The molecular formula is C47H32. The molecule has 0 aromatic heterocycles. The minimum absolute atomic E-state index is 0.972. The molecule has 47 heavy (non-hydrogen) atoms. The van der Waals surface area contributed by atoms with Crippen LogP contribution in [0.3, 0.4) is 0 Å². The summed E-state index contributed by atoms with van der Waals surface area (Å²) in [6.45, 7) is 0. The third-order valence-electron chi connectivity index (χ3n) is 10.5. The van der Waals surface area contributed by atoms with Crippen molar-refractivity contribution in [3.8, 4) is 44.5 Å². The highest BCUT2D eigenvalue weighted by molar-refractivity contribution is 6.11. The number of fused-ring (bicyclic) bond motifs is 7. The Morgan fingerprint density at radius 1 is 0.404 bits per heavy atom. The third-order valence-corrected chi connectivity index (χ3v) is 10.5. The fourth-order valence-electron chi connectivity index (χ4n) is 8.47. The summed E-state index contributed by atoms with van der Waals surface area (Å²) in [5.41, 5.74) is 16.4. The SMILES string of the molecule is C1=Cc2c(c(-c3cccc(-c4c5c(cc6ccccc46)-c4ccccc4C5)c3)c3ccccc3c2-c2ccc3ccccc3c2)CC1. The molecule has 0 heteroatoms. The van der Waals surface area contributed by atoms with Crippen molar-refractivity contribution in [2.45, 2.75) is 19.3 Å². The average Bonchev–Trinajstić information content (AvgIpc) is 3.50. The molecule has 0 nitrogen and oxygen atoms in total. The molecule has 220 valence electrons. The van der Waals surface area contributed by atoms with E-state index in [2.05, 4.69) is 158 Å². The maximum atomic E-state index is 2.47. The van der Waals surface area contributed by atoms with Gasteiger partial charge in [-0.25, -0.2) is 0 Å². The van der Waals surface area contributed by atoms with Gasteiger partial charge in [0.2, 0.25) is 0 Å². The van der Waals surface area contributed by atoms with Crippen molar-refractivity contribution >= 4 is 38.4 Å². The lowest BCUT2D eigenvalue weighted by Crippen LogP contribution is -2.02. The summed E-state index contributed by atoms with van der Waals surface area (Å²) in [4.78, 5) is 0. The zero-order valence-corrected chi connectivity index (χ0v) is 26.1. The first-order valence-corrected chi connectivity index (χ1v) is 16.8. The van der Waals surface area contributed by atoms with E-state index in [-0.39, 0.29) is 0 Å². The number of benzene rings is 8. The lowest BCUT2D eigenvalue weighted by molar-refractivity contribution is 0.991. The van der Waals surface area contributed by atoms with Crippen LogP contribution in [0.25, 0.3) is 82.9 Å². The normalized spacial score (nSPS) is 13.2. The predicted octanol–water partition coefficient (Wildman–Crippen LogP) is 12.7. The summed E-state index contributed by atoms with van der Waals surface area (Å²) in [6.07, 6.45) is 7.82. The lowest BCUT2D eigenvalue weighted by Gasteiger charge is -2.24. The molecule has 8 aromatic rings. The lowest BCUT2D eigenvalue weighted by atomic mass is 9.79. The average molecular weight is 597 g/mol. The van der Waals surface area contributed by atoms with Gasteiger partial charge in [0.1, 0.15) is 0 Å². The maximum absolute atomic E-state index is 2.47. The van der Waals surface area contributed by atoms with Crippen LogP contribution < -0.4 is 0 Å². The molecule has 0 unspecified atom stereocenters. The van der Waals surface area contributed by atoms with E-state index in [0.29, 0.717) is 0 Å². The molecule has 0 fully saturated rings. The second kappa shape index (κ2) is 10.4. The van der Waals surface area contributed by atoms with E-state index in [1.807, 2.05) is 0 Å². The van der Waals surface area contributed by atoms with Gasteiger partial charge >= 0.3 is 0 Å². The van der Waals surface area contributed by atoms with Crippen LogP contribution in [-0.4, -0.2) is 0 Å². The molecule has 10 rings (SSSR count). The second-order valence-electron chi connectivity index (χ2n) is 13.1. The molecule has 0 radical (unpaired) electrons. The number of hydrogen-bond donors (Lipinski definition) is 0. The van der Waals surface area contributed by atoms with E-state index in [1.54, 1.807) is 0 Å². The molecule has 2 aliphatic carbocycles. The van der Waals surface area contributed by atoms with Gasteiger partial charge in [-0.15, -0.1) is 0 Å². The first-order valence-electron chi connectivity index (χ1n) is 16.8. The minimum Gasteiger partial charge on any atom is -0.0836 e. The van der Waals surface area contributed by atoms with E-state index in [9.17, 15) is 0 Å². The van der Waals surface area contributed by atoms with Gasteiger partial charge in [0.05, 0.1) is 0 Å². The molecule has 0 aliphatic heterocycles. The van der Waals surface area contributed by atoms with Gasteiger partial charge in [-0.3, -0.25) is 0 Å². The van der Waals surface area contributed by atoms with Gasteiger partial charge in [0.15, 0.2) is 0 Å². The topological polar surface area (TPSA) is 0 Å². The smallest absolute Gasteiger partial charge is 0.000706 e. The molecule has 8 aromatic carbocycles. The van der Waals surface area contributed by atoms with Gasteiger partial charge in [0.25, 0.3) is 0 Å². The van der Waals surface area contributed by atoms with Crippen molar-refractivity contribution in [1.82, 2.24) is 0 Å². The van der Waals surface area contributed by atoms with Crippen molar-refractivity contribution in [3.63, 3.8) is 0 Å². The van der Waals surface area contributed by atoms with Gasteiger partial charge in [0, 0.05) is 0 Å². The summed E-state index contributed by atoms with van der Waals surface area (Å²) < 4.78 is 0. The van der Waals surface area contributed by atoms with Crippen LogP contribution in [0.1, 0.15) is 28.7 Å². The van der Waals surface area contributed by atoms with Crippen molar-refractivity contribution < 1.29 is 0 Å². The largest absolute Gasteiger partial charge is 0.0836 e. The molecule has 2 aliphatic rings. The summed E-state index contributed by atoms with van der Waals surface area (Å²) in [5, 5.41) is 7.84. The van der Waals surface area contributed by atoms with E-state index < -0.39 is 0 Å². The highest BCUT2D eigenvalue weighted by Gasteiger charge is 2.25. The van der Waals surface area contributed by atoms with Gasteiger partial charge in [-0.2, -0.15) is 0 Å². The highest BCUT2D eigenvalue weighted by Crippen LogP contribution is 2.48. The van der Waals surface area contributed by atoms with Crippen LogP contribution in [0.15, 0.2) is 152 Å². The quantitative estimate of drug-likeness (QED) is 0.190. The predicted molar refractivity (Wildman–Crippen MR) is 201 cm³/mol. The molecule has 0 N–H and O–H groups in total. The van der Waals surface area contributed by atoms with Crippen molar-refractivity contribution in [1.29, 1.82) is 0 Å². The Balaban J connectivity index is 1.23. The van der Waals surface area contributed by atoms with Crippen molar-refractivity contribution in [2.24, 2.45) is 0 Å². The molecular weight excluding hydrogens is 565 g/mol. The van der Waals surface area contributed by atoms with Gasteiger partial charge in [-0.05, 0) is 137 Å². The molecule has 0 spiro atoms. The Hall–Kier alpha value is -5.72. The Kier molecular flexibility index (Phi) is 5.87. The van der Waals surface area contributed by atoms with Gasteiger partial charge in [-0.1, -0.05) is 140 Å². The third kappa shape index (κ3) is 4.08. The zero-order valence-electron chi connectivity index (χ0n) is 26.1. The van der Waals surface area contributed by atoms with Crippen LogP contribution in [0.2, 0.25) is 0 Å². The summed E-state index contributed by atoms with van der Waals surface area (Å²) in [7, 11) is 0. The van der Waals surface area contributed by atoms with Crippen molar-refractivity contribution in [2.75, 3.05) is 0 Å². The fourth-order valence-corrected chi connectivity index (χ4v) is 8.47. The van der Waals surface area contributed by atoms with E-state index in [1.165, 1.54) is 99.1 Å².